The molecule has 34 heavy (non-hydrogen) atoms. The van der Waals surface area contributed by atoms with Gasteiger partial charge in [-0.1, -0.05) is 30.3 Å². The summed E-state index contributed by atoms with van der Waals surface area (Å²) < 4.78 is 46.4. The lowest BCUT2D eigenvalue weighted by molar-refractivity contribution is -0.274. The number of nitrogens with one attached hydrogen (secondary N) is 1. The van der Waals surface area contributed by atoms with Crippen LogP contribution in [0.3, 0.4) is 0 Å². The number of benzene rings is 2. The van der Waals surface area contributed by atoms with E-state index in [2.05, 4.69) is 10.1 Å². The number of piperazine rings is 2. The highest BCUT2D eigenvalue weighted by Gasteiger charge is 2.44. The third-order valence-electron chi connectivity index (χ3n) is 5.60. The summed E-state index contributed by atoms with van der Waals surface area (Å²) in [6, 6.07) is 12.3. The van der Waals surface area contributed by atoms with Gasteiger partial charge >= 0.3 is 6.36 Å². The Balaban J connectivity index is 1.33. The second-order valence-corrected chi connectivity index (χ2v) is 7.93. The van der Waals surface area contributed by atoms with E-state index >= 15 is 0 Å². The smallest absolute Gasteiger partial charge is 0.406 e. The molecule has 2 saturated heterocycles. The van der Waals surface area contributed by atoms with Gasteiger partial charge in [0, 0.05) is 18.7 Å². The standard InChI is InChI=1S/C23H22F3N3O5/c24-23(25,26)34-17-8-6-16(7-9-17)21(31)28-10-11-29-19(12-28)20(30)27-18(22(29)32)14-33-13-15-4-2-1-3-5-15/h1-9,18-19H,10-14H2,(H,27,30)/t18-,19+/m0/s1. The molecule has 2 aliphatic rings. The van der Waals surface area contributed by atoms with Gasteiger partial charge in [0.05, 0.1) is 19.8 Å². The zero-order valence-electron chi connectivity index (χ0n) is 18.0. The molecule has 8 nitrogen and oxygen atoms in total. The fourth-order valence-electron chi connectivity index (χ4n) is 3.95. The van der Waals surface area contributed by atoms with E-state index in [1.54, 1.807) is 0 Å². The van der Waals surface area contributed by atoms with Crippen molar-refractivity contribution in [2.45, 2.75) is 25.1 Å². The summed E-state index contributed by atoms with van der Waals surface area (Å²) in [5.74, 6) is -1.56. The van der Waals surface area contributed by atoms with Crippen molar-refractivity contribution in [1.82, 2.24) is 15.1 Å². The lowest BCUT2D eigenvalue weighted by Gasteiger charge is -2.45. The predicted molar refractivity (Wildman–Crippen MR) is 113 cm³/mol. The van der Waals surface area contributed by atoms with Crippen LogP contribution in [-0.4, -0.2) is 72.2 Å². The Labute approximate surface area is 193 Å². The van der Waals surface area contributed by atoms with Crippen molar-refractivity contribution in [3.8, 4) is 5.75 Å². The highest BCUT2D eigenvalue weighted by Crippen LogP contribution is 2.24. The first-order chi connectivity index (χ1) is 16.2. The lowest BCUT2D eigenvalue weighted by Crippen LogP contribution is -2.70. The van der Waals surface area contributed by atoms with E-state index in [1.807, 2.05) is 30.3 Å². The first-order valence-corrected chi connectivity index (χ1v) is 10.6. The van der Waals surface area contributed by atoms with Crippen molar-refractivity contribution >= 4 is 17.7 Å². The molecule has 2 heterocycles. The second-order valence-electron chi connectivity index (χ2n) is 7.93. The Hall–Kier alpha value is -3.60. The molecule has 0 spiro atoms. The van der Waals surface area contributed by atoms with Crippen LogP contribution < -0.4 is 10.1 Å². The van der Waals surface area contributed by atoms with Gasteiger partial charge in [-0.15, -0.1) is 13.2 Å². The molecule has 2 aromatic rings. The van der Waals surface area contributed by atoms with Crippen LogP contribution in [0.5, 0.6) is 5.75 Å². The van der Waals surface area contributed by atoms with Gasteiger partial charge in [0.25, 0.3) is 5.91 Å². The number of rotatable bonds is 6. The minimum atomic E-state index is -4.83. The monoisotopic (exact) mass is 477 g/mol. The molecule has 0 aromatic heterocycles. The van der Waals surface area contributed by atoms with Crippen LogP contribution in [0.25, 0.3) is 0 Å². The molecule has 11 heteroatoms. The van der Waals surface area contributed by atoms with Crippen LogP contribution in [-0.2, 0) is 20.9 Å². The largest absolute Gasteiger partial charge is 0.573 e. The fourth-order valence-corrected chi connectivity index (χ4v) is 3.95. The molecule has 0 unspecified atom stereocenters. The lowest BCUT2D eigenvalue weighted by atomic mass is 10.0. The number of amides is 3. The van der Waals surface area contributed by atoms with E-state index in [9.17, 15) is 27.6 Å². The van der Waals surface area contributed by atoms with Crippen molar-refractivity contribution in [2.24, 2.45) is 0 Å². The summed E-state index contributed by atoms with van der Waals surface area (Å²) in [4.78, 5) is 41.2. The predicted octanol–water partition coefficient (Wildman–Crippen LogP) is 1.95. The molecule has 2 fully saturated rings. The quantitative estimate of drug-likeness (QED) is 0.687. The normalized spacial score (nSPS) is 20.6. The Morgan fingerprint density at radius 3 is 2.41 bits per heavy atom. The molecule has 0 aliphatic carbocycles. The SMILES string of the molecule is O=C1N[C@@H](COCc2ccccc2)C(=O)N2CCN(C(=O)c3ccc(OC(F)(F)F)cc3)C[C@H]12. The molecule has 2 atom stereocenters. The first kappa shape index (κ1) is 23.6. The first-order valence-electron chi connectivity index (χ1n) is 10.6. The van der Waals surface area contributed by atoms with Gasteiger partial charge in [-0.05, 0) is 29.8 Å². The summed E-state index contributed by atoms with van der Waals surface area (Å²) in [5, 5.41) is 2.66. The van der Waals surface area contributed by atoms with Gasteiger partial charge in [-0.2, -0.15) is 0 Å². The van der Waals surface area contributed by atoms with Gasteiger partial charge in [-0.25, -0.2) is 0 Å². The number of fused-ring (bicyclic) bond motifs is 1. The maximum absolute atomic E-state index is 12.9. The number of carbonyl (C=O) groups excluding carboxylic acids is 3. The molecule has 0 saturated carbocycles. The molecular formula is C23H22F3N3O5. The van der Waals surface area contributed by atoms with Gasteiger partial charge in [0.1, 0.15) is 17.8 Å². The fraction of sp³-hybridized carbons (Fsp3) is 0.348. The highest BCUT2D eigenvalue weighted by atomic mass is 19.4. The Morgan fingerprint density at radius 2 is 1.74 bits per heavy atom. The maximum atomic E-state index is 12.9. The minimum Gasteiger partial charge on any atom is -0.406 e. The number of carbonyl (C=O) groups is 3. The zero-order valence-corrected chi connectivity index (χ0v) is 18.0. The maximum Gasteiger partial charge on any atom is 0.573 e. The van der Waals surface area contributed by atoms with E-state index in [1.165, 1.54) is 21.9 Å². The van der Waals surface area contributed by atoms with Gasteiger partial charge < -0.3 is 24.6 Å². The van der Waals surface area contributed by atoms with Gasteiger partial charge in [-0.3, -0.25) is 14.4 Å². The molecule has 1 N–H and O–H groups in total. The van der Waals surface area contributed by atoms with Crippen molar-refractivity contribution in [3.05, 3.63) is 65.7 Å². The number of nitrogens with zero attached hydrogens (tertiary/aromatic N) is 2. The summed E-state index contributed by atoms with van der Waals surface area (Å²) in [7, 11) is 0. The van der Waals surface area contributed by atoms with Gasteiger partial charge in [0.15, 0.2) is 0 Å². The number of ether oxygens (including phenoxy) is 2. The molecule has 2 aliphatic heterocycles. The topological polar surface area (TPSA) is 88.2 Å². The summed E-state index contributed by atoms with van der Waals surface area (Å²) >= 11 is 0. The average molecular weight is 477 g/mol. The van der Waals surface area contributed by atoms with Crippen molar-refractivity contribution in [2.75, 3.05) is 26.2 Å². The molecule has 2 aromatic carbocycles. The molecule has 4 rings (SSSR count). The van der Waals surface area contributed by atoms with Crippen LogP contribution in [0.4, 0.5) is 13.2 Å². The third-order valence-corrected chi connectivity index (χ3v) is 5.60. The minimum absolute atomic E-state index is 0.0190. The van der Waals surface area contributed by atoms with Crippen LogP contribution in [0, 0.1) is 0 Å². The number of hydrogen-bond acceptors (Lipinski definition) is 5. The Morgan fingerprint density at radius 1 is 1.03 bits per heavy atom. The van der Waals surface area contributed by atoms with E-state index < -0.39 is 30.1 Å². The van der Waals surface area contributed by atoms with E-state index in [4.69, 9.17) is 4.74 Å². The third kappa shape index (κ3) is 5.48. The summed E-state index contributed by atoms with van der Waals surface area (Å²) in [6.45, 7) is 0.658. The van der Waals surface area contributed by atoms with E-state index in [0.717, 1.165) is 17.7 Å². The van der Waals surface area contributed by atoms with Crippen LogP contribution in [0.1, 0.15) is 15.9 Å². The van der Waals surface area contributed by atoms with Crippen molar-refractivity contribution in [1.29, 1.82) is 0 Å². The van der Waals surface area contributed by atoms with Crippen LogP contribution >= 0.6 is 0 Å². The summed E-state index contributed by atoms with van der Waals surface area (Å²) in [6.07, 6.45) is -4.83. The van der Waals surface area contributed by atoms with Crippen LogP contribution in [0.15, 0.2) is 54.6 Å². The van der Waals surface area contributed by atoms with E-state index in [-0.39, 0.29) is 43.6 Å². The second kappa shape index (κ2) is 9.72. The average Bonchev–Trinajstić information content (AvgIpc) is 2.81. The zero-order chi connectivity index (χ0) is 24.3. The molecule has 0 bridgehead atoms. The molecule has 180 valence electrons. The summed E-state index contributed by atoms with van der Waals surface area (Å²) in [5.41, 5.74) is 1.10. The van der Waals surface area contributed by atoms with Crippen molar-refractivity contribution < 1.29 is 37.0 Å². The van der Waals surface area contributed by atoms with E-state index in [0.29, 0.717) is 6.61 Å². The molecular weight excluding hydrogens is 455 g/mol. The number of halogens is 3. The molecule has 0 radical (unpaired) electrons. The molecule has 3 amide bonds. The van der Waals surface area contributed by atoms with Crippen LogP contribution in [0.2, 0.25) is 0 Å². The Bertz CT molecular complexity index is 1050. The number of alkyl halides is 3. The van der Waals surface area contributed by atoms with Crippen molar-refractivity contribution in [3.63, 3.8) is 0 Å². The van der Waals surface area contributed by atoms with Gasteiger partial charge in [0.2, 0.25) is 11.8 Å². The Kier molecular flexibility index (Phi) is 6.73. The highest BCUT2D eigenvalue weighted by molar-refractivity contribution is 5.99. The number of hydrogen-bond donors (Lipinski definition) is 1.